The fourth-order valence-corrected chi connectivity index (χ4v) is 2.08. The molecule has 1 unspecified atom stereocenters. The van der Waals surface area contributed by atoms with Gasteiger partial charge in [0.2, 0.25) is 0 Å². The van der Waals surface area contributed by atoms with E-state index in [2.05, 4.69) is 44.3 Å². The molecule has 0 spiro atoms. The van der Waals surface area contributed by atoms with Crippen LogP contribution in [0.5, 0.6) is 5.75 Å². The molecule has 0 aliphatic rings. The molecule has 1 rings (SSSR count). The van der Waals surface area contributed by atoms with Crippen molar-refractivity contribution >= 4 is 0 Å². The molecule has 17 heavy (non-hydrogen) atoms. The number of aryl methyl sites for hydroxylation is 2. The Morgan fingerprint density at radius 1 is 1.24 bits per heavy atom. The van der Waals surface area contributed by atoms with Gasteiger partial charge in [0.05, 0.1) is 6.61 Å². The van der Waals surface area contributed by atoms with Gasteiger partial charge < -0.3 is 10.1 Å². The summed E-state index contributed by atoms with van der Waals surface area (Å²) < 4.78 is 5.88. The molecule has 0 aliphatic carbocycles. The second-order valence-corrected chi connectivity index (χ2v) is 4.61. The van der Waals surface area contributed by atoms with Gasteiger partial charge in [0.1, 0.15) is 5.75 Å². The molecule has 96 valence electrons. The zero-order chi connectivity index (χ0) is 12.7. The number of hydrogen-bond donors (Lipinski definition) is 1. The summed E-state index contributed by atoms with van der Waals surface area (Å²) in [4.78, 5) is 0. The Labute approximate surface area is 105 Å². The number of para-hydroxylation sites is 1. The van der Waals surface area contributed by atoms with Crippen LogP contribution < -0.4 is 10.1 Å². The number of benzene rings is 1. The summed E-state index contributed by atoms with van der Waals surface area (Å²) in [7, 11) is 2.03. The summed E-state index contributed by atoms with van der Waals surface area (Å²) in [6.07, 6.45) is 3.46. The summed E-state index contributed by atoms with van der Waals surface area (Å²) in [6, 6.07) is 6.90. The monoisotopic (exact) mass is 235 g/mol. The number of ether oxygens (including phenoxy) is 1. The molecular formula is C15H25NO. The highest BCUT2D eigenvalue weighted by Gasteiger charge is 2.05. The molecule has 0 aliphatic heterocycles. The Bertz CT molecular complexity index is 311. The van der Waals surface area contributed by atoms with Crippen molar-refractivity contribution in [3.05, 3.63) is 29.3 Å². The molecule has 1 N–H and O–H groups in total. The summed E-state index contributed by atoms with van der Waals surface area (Å²) >= 11 is 0. The normalized spacial score (nSPS) is 12.5. The first-order valence-corrected chi connectivity index (χ1v) is 6.55. The third kappa shape index (κ3) is 4.39. The second kappa shape index (κ2) is 7.33. The van der Waals surface area contributed by atoms with Gasteiger partial charge in [0.25, 0.3) is 0 Å². The highest BCUT2D eigenvalue weighted by atomic mass is 16.5. The summed E-state index contributed by atoms with van der Waals surface area (Å²) in [5, 5.41) is 3.32. The lowest BCUT2D eigenvalue weighted by Crippen LogP contribution is -2.24. The molecule has 0 fully saturated rings. The van der Waals surface area contributed by atoms with E-state index in [9.17, 15) is 0 Å². The molecule has 0 aromatic heterocycles. The van der Waals surface area contributed by atoms with Crippen LogP contribution in [0.4, 0.5) is 0 Å². The smallest absolute Gasteiger partial charge is 0.125 e. The van der Waals surface area contributed by atoms with Crippen molar-refractivity contribution in [2.45, 2.75) is 46.1 Å². The number of hydrogen-bond acceptors (Lipinski definition) is 2. The number of rotatable bonds is 7. The van der Waals surface area contributed by atoms with Crippen molar-refractivity contribution in [2.75, 3.05) is 13.7 Å². The summed E-state index contributed by atoms with van der Waals surface area (Å²) in [5.41, 5.74) is 2.45. The van der Waals surface area contributed by atoms with Gasteiger partial charge in [-0.3, -0.25) is 0 Å². The van der Waals surface area contributed by atoms with E-state index in [1.165, 1.54) is 24.0 Å². The van der Waals surface area contributed by atoms with E-state index in [-0.39, 0.29) is 0 Å². The molecule has 1 aromatic carbocycles. The molecule has 0 saturated heterocycles. The molecule has 0 amide bonds. The highest BCUT2D eigenvalue weighted by Crippen LogP contribution is 2.22. The Balaban J connectivity index is 2.36. The predicted molar refractivity (Wildman–Crippen MR) is 73.8 cm³/mol. The fourth-order valence-electron chi connectivity index (χ4n) is 2.08. The molecular weight excluding hydrogens is 210 g/mol. The van der Waals surface area contributed by atoms with E-state index in [0.717, 1.165) is 18.8 Å². The van der Waals surface area contributed by atoms with Crippen molar-refractivity contribution in [3.63, 3.8) is 0 Å². The van der Waals surface area contributed by atoms with Crippen LogP contribution in [0.15, 0.2) is 18.2 Å². The predicted octanol–water partition coefficient (Wildman–Crippen LogP) is 3.46. The molecule has 1 aromatic rings. The van der Waals surface area contributed by atoms with Crippen LogP contribution in [0.3, 0.4) is 0 Å². The fraction of sp³-hybridized carbons (Fsp3) is 0.600. The lowest BCUT2D eigenvalue weighted by molar-refractivity contribution is 0.293. The van der Waals surface area contributed by atoms with Crippen LogP contribution >= 0.6 is 0 Å². The van der Waals surface area contributed by atoms with Crippen molar-refractivity contribution in [3.8, 4) is 5.75 Å². The topological polar surface area (TPSA) is 21.3 Å². The highest BCUT2D eigenvalue weighted by molar-refractivity contribution is 5.39. The minimum absolute atomic E-state index is 0.622. The second-order valence-electron chi connectivity index (χ2n) is 4.61. The number of nitrogens with one attached hydrogen (secondary N) is 1. The molecule has 1 atom stereocenters. The first-order valence-electron chi connectivity index (χ1n) is 6.55. The Morgan fingerprint density at radius 3 is 2.41 bits per heavy atom. The van der Waals surface area contributed by atoms with Crippen LogP contribution in [0, 0.1) is 13.8 Å². The molecule has 0 bridgehead atoms. The largest absolute Gasteiger partial charge is 0.493 e. The van der Waals surface area contributed by atoms with Gasteiger partial charge in [-0.15, -0.1) is 0 Å². The maximum absolute atomic E-state index is 5.88. The summed E-state index contributed by atoms with van der Waals surface area (Å²) in [6.45, 7) is 7.23. The maximum atomic E-state index is 5.88. The van der Waals surface area contributed by atoms with E-state index in [0.29, 0.717) is 6.04 Å². The third-order valence-corrected chi connectivity index (χ3v) is 3.25. The lowest BCUT2D eigenvalue weighted by atomic mass is 10.1. The van der Waals surface area contributed by atoms with Gasteiger partial charge in [-0.2, -0.15) is 0 Å². The minimum Gasteiger partial charge on any atom is -0.493 e. The van der Waals surface area contributed by atoms with E-state index < -0.39 is 0 Å². The summed E-state index contributed by atoms with van der Waals surface area (Å²) in [5.74, 6) is 1.06. The first-order chi connectivity index (χ1) is 8.19. The Hall–Kier alpha value is -1.02. The minimum atomic E-state index is 0.622. The van der Waals surface area contributed by atoms with Crippen LogP contribution in [0.1, 0.15) is 37.3 Å². The Morgan fingerprint density at radius 2 is 1.88 bits per heavy atom. The van der Waals surface area contributed by atoms with Gasteiger partial charge in [0, 0.05) is 6.04 Å². The SMILES string of the molecule is CCC(CCCOc1c(C)cccc1C)NC. The quantitative estimate of drug-likeness (QED) is 0.731. The zero-order valence-corrected chi connectivity index (χ0v) is 11.5. The van der Waals surface area contributed by atoms with E-state index in [4.69, 9.17) is 4.74 Å². The van der Waals surface area contributed by atoms with Crippen molar-refractivity contribution in [2.24, 2.45) is 0 Å². The van der Waals surface area contributed by atoms with E-state index >= 15 is 0 Å². The van der Waals surface area contributed by atoms with Gasteiger partial charge in [-0.25, -0.2) is 0 Å². The first kappa shape index (κ1) is 14.0. The van der Waals surface area contributed by atoms with Crippen molar-refractivity contribution in [1.29, 1.82) is 0 Å². The van der Waals surface area contributed by atoms with Gasteiger partial charge in [-0.05, 0) is 51.3 Å². The molecule has 0 radical (unpaired) electrons. The van der Waals surface area contributed by atoms with E-state index in [1.807, 2.05) is 7.05 Å². The van der Waals surface area contributed by atoms with E-state index in [1.54, 1.807) is 0 Å². The van der Waals surface area contributed by atoms with Crippen LogP contribution in [-0.4, -0.2) is 19.7 Å². The molecule has 2 heteroatoms. The van der Waals surface area contributed by atoms with Gasteiger partial charge >= 0.3 is 0 Å². The molecule has 0 heterocycles. The average molecular weight is 235 g/mol. The van der Waals surface area contributed by atoms with Crippen LogP contribution in [0.25, 0.3) is 0 Å². The maximum Gasteiger partial charge on any atom is 0.125 e. The van der Waals surface area contributed by atoms with Crippen LogP contribution in [0.2, 0.25) is 0 Å². The van der Waals surface area contributed by atoms with Gasteiger partial charge in [-0.1, -0.05) is 25.1 Å². The van der Waals surface area contributed by atoms with Crippen LogP contribution in [-0.2, 0) is 0 Å². The average Bonchev–Trinajstić information content (AvgIpc) is 2.32. The van der Waals surface area contributed by atoms with Crippen molar-refractivity contribution in [1.82, 2.24) is 5.32 Å². The zero-order valence-electron chi connectivity index (χ0n) is 11.5. The third-order valence-electron chi connectivity index (χ3n) is 3.25. The van der Waals surface area contributed by atoms with Gasteiger partial charge in [0.15, 0.2) is 0 Å². The molecule has 2 nitrogen and oxygen atoms in total. The molecule has 0 saturated carbocycles. The Kier molecular flexibility index (Phi) is 6.06. The standard InChI is InChI=1S/C15H25NO/c1-5-14(16-4)10-7-11-17-15-12(2)8-6-9-13(15)3/h6,8-9,14,16H,5,7,10-11H2,1-4H3. The lowest BCUT2D eigenvalue weighted by Gasteiger charge is -2.15. The van der Waals surface area contributed by atoms with Crippen molar-refractivity contribution < 1.29 is 4.74 Å².